The molecule has 36 heavy (non-hydrogen) atoms. The van der Waals surface area contributed by atoms with Gasteiger partial charge in [0.25, 0.3) is 0 Å². The van der Waals surface area contributed by atoms with E-state index in [1.807, 2.05) is 24.3 Å². The van der Waals surface area contributed by atoms with Crippen LogP contribution in [-0.2, 0) is 6.42 Å². The number of imidazole rings is 1. The average Bonchev–Trinajstić information content (AvgIpc) is 3.44. The smallest absolute Gasteiger partial charge is 0.206 e. The molecule has 184 valence electrons. The molecule has 0 saturated carbocycles. The predicted molar refractivity (Wildman–Crippen MR) is 137 cm³/mol. The highest BCUT2D eigenvalue weighted by atomic mass is 32.2. The van der Waals surface area contributed by atoms with E-state index in [1.54, 1.807) is 12.3 Å². The third kappa shape index (κ3) is 3.58. The van der Waals surface area contributed by atoms with Crippen LogP contribution in [0, 0.1) is 11.2 Å². The van der Waals surface area contributed by atoms with Crippen molar-refractivity contribution in [3.8, 4) is 5.75 Å². The molecule has 1 atom stereocenters. The van der Waals surface area contributed by atoms with E-state index in [4.69, 9.17) is 20.4 Å². The number of ether oxygens (including phenoxy) is 1. The van der Waals surface area contributed by atoms with Crippen molar-refractivity contribution in [3.63, 3.8) is 0 Å². The van der Waals surface area contributed by atoms with Gasteiger partial charge in [-0.3, -0.25) is 0 Å². The van der Waals surface area contributed by atoms with Gasteiger partial charge in [0, 0.05) is 25.7 Å². The van der Waals surface area contributed by atoms with Crippen LogP contribution < -0.4 is 20.7 Å². The molecule has 1 saturated heterocycles. The first kappa shape index (κ1) is 21.9. The van der Waals surface area contributed by atoms with Crippen molar-refractivity contribution in [2.75, 3.05) is 36.5 Å². The van der Waals surface area contributed by atoms with Gasteiger partial charge in [0.05, 0.1) is 16.8 Å². The van der Waals surface area contributed by atoms with E-state index in [0.29, 0.717) is 17.9 Å². The summed E-state index contributed by atoms with van der Waals surface area (Å²) >= 11 is 1.53. The minimum atomic E-state index is -0.213. The number of halogens is 1. The fourth-order valence-corrected chi connectivity index (χ4v) is 6.66. The second-order valence-corrected chi connectivity index (χ2v) is 10.9. The van der Waals surface area contributed by atoms with Crippen LogP contribution in [0.4, 0.5) is 16.0 Å². The molecule has 2 aromatic carbocycles. The molecule has 7 rings (SSSR count). The Hall–Kier alpha value is -3.37. The number of rotatable bonds is 3. The van der Waals surface area contributed by atoms with Gasteiger partial charge in [0.2, 0.25) is 5.95 Å². The van der Waals surface area contributed by atoms with Gasteiger partial charge in [0.15, 0.2) is 17.0 Å². The number of hydrogen-bond donors (Lipinski definition) is 3. The molecule has 4 N–H and O–H groups in total. The summed E-state index contributed by atoms with van der Waals surface area (Å²) in [5, 5.41) is 4.14. The molecule has 1 spiro atoms. The lowest BCUT2D eigenvalue weighted by Gasteiger charge is -2.42. The number of fused-ring (bicyclic) bond motifs is 3. The summed E-state index contributed by atoms with van der Waals surface area (Å²) in [4.78, 5) is 20.7. The van der Waals surface area contributed by atoms with E-state index < -0.39 is 0 Å². The van der Waals surface area contributed by atoms with Gasteiger partial charge >= 0.3 is 0 Å². The molecule has 8 nitrogen and oxygen atoms in total. The SMILES string of the molecule is N[C@@H]1c2cc(F)ccc2CC12CCN(c1nc3ncc(Sc4cccc5c4OCCN5)nc3[nH]1)CC2. The molecule has 1 aliphatic carbocycles. The van der Waals surface area contributed by atoms with E-state index in [-0.39, 0.29) is 17.3 Å². The summed E-state index contributed by atoms with van der Waals surface area (Å²) in [6.45, 7) is 3.10. The quantitative estimate of drug-likeness (QED) is 0.380. The van der Waals surface area contributed by atoms with E-state index in [0.717, 1.165) is 71.8 Å². The Morgan fingerprint density at radius 2 is 2.06 bits per heavy atom. The second-order valence-electron chi connectivity index (χ2n) is 9.80. The van der Waals surface area contributed by atoms with Crippen molar-refractivity contribution in [2.24, 2.45) is 11.1 Å². The van der Waals surface area contributed by atoms with E-state index in [1.165, 1.54) is 23.4 Å². The molecule has 0 radical (unpaired) electrons. The molecule has 0 bridgehead atoms. The third-order valence-electron chi connectivity index (χ3n) is 7.73. The highest BCUT2D eigenvalue weighted by Crippen LogP contribution is 2.51. The molecular formula is C26H26FN7OS. The number of piperidine rings is 1. The monoisotopic (exact) mass is 503 g/mol. The van der Waals surface area contributed by atoms with Crippen LogP contribution in [0.25, 0.3) is 11.3 Å². The average molecular weight is 504 g/mol. The number of hydrogen-bond acceptors (Lipinski definition) is 8. The zero-order valence-corrected chi connectivity index (χ0v) is 20.4. The summed E-state index contributed by atoms with van der Waals surface area (Å²) in [7, 11) is 0. The number of anilines is 2. The van der Waals surface area contributed by atoms with Crippen molar-refractivity contribution in [3.05, 3.63) is 59.5 Å². The number of benzene rings is 2. The number of nitrogens with two attached hydrogens (primary N) is 1. The number of aromatic amines is 1. The molecule has 3 aliphatic rings. The van der Waals surface area contributed by atoms with Crippen molar-refractivity contribution in [1.29, 1.82) is 0 Å². The van der Waals surface area contributed by atoms with Crippen LogP contribution in [0.15, 0.2) is 52.5 Å². The number of para-hydroxylation sites is 1. The van der Waals surface area contributed by atoms with E-state index >= 15 is 0 Å². The summed E-state index contributed by atoms with van der Waals surface area (Å²) in [6.07, 6.45) is 4.52. The third-order valence-corrected chi connectivity index (χ3v) is 8.68. The van der Waals surface area contributed by atoms with Gasteiger partial charge in [0.1, 0.15) is 17.5 Å². The van der Waals surface area contributed by atoms with Crippen molar-refractivity contribution in [2.45, 2.75) is 35.2 Å². The molecular weight excluding hydrogens is 477 g/mol. The Kier molecular flexibility index (Phi) is 5.07. The lowest BCUT2D eigenvalue weighted by molar-refractivity contribution is 0.187. The van der Waals surface area contributed by atoms with Crippen LogP contribution in [0.5, 0.6) is 5.75 Å². The summed E-state index contributed by atoms with van der Waals surface area (Å²) in [5.41, 5.74) is 11.0. The molecule has 4 heterocycles. The molecule has 1 fully saturated rings. The zero-order chi connectivity index (χ0) is 24.3. The first-order valence-electron chi connectivity index (χ1n) is 12.3. The highest BCUT2D eigenvalue weighted by Gasteiger charge is 2.46. The molecule has 0 unspecified atom stereocenters. The number of nitrogens with one attached hydrogen (secondary N) is 2. The lowest BCUT2D eigenvalue weighted by Crippen LogP contribution is -2.44. The molecule has 10 heteroatoms. The topological polar surface area (TPSA) is 105 Å². The van der Waals surface area contributed by atoms with Gasteiger partial charge in [-0.05, 0) is 60.1 Å². The first-order valence-corrected chi connectivity index (χ1v) is 13.1. The Labute approximate surface area is 211 Å². The van der Waals surface area contributed by atoms with E-state index in [2.05, 4.69) is 20.2 Å². The minimum absolute atomic E-state index is 0.0231. The zero-order valence-electron chi connectivity index (χ0n) is 19.6. The molecule has 2 aromatic heterocycles. The maximum absolute atomic E-state index is 13.8. The summed E-state index contributed by atoms with van der Waals surface area (Å²) in [5.74, 6) is 1.43. The van der Waals surface area contributed by atoms with Crippen LogP contribution in [-0.4, -0.2) is 46.2 Å². The lowest BCUT2D eigenvalue weighted by atomic mass is 9.73. The van der Waals surface area contributed by atoms with Crippen molar-refractivity contribution in [1.82, 2.24) is 19.9 Å². The van der Waals surface area contributed by atoms with Gasteiger partial charge in [-0.15, -0.1) is 0 Å². The van der Waals surface area contributed by atoms with Crippen LogP contribution in [0.1, 0.15) is 30.0 Å². The maximum Gasteiger partial charge on any atom is 0.206 e. The van der Waals surface area contributed by atoms with Crippen LogP contribution in [0.2, 0.25) is 0 Å². The van der Waals surface area contributed by atoms with Crippen LogP contribution in [0.3, 0.4) is 0 Å². The second kappa shape index (κ2) is 8.35. The van der Waals surface area contributed by atoms with Gasteiger partial charge < -0.3 is 25.7 Å². The van der Waals surface area contributed by atoms with Gasteiger partial charge in [-0.2, -0.15) is 4.98 Å². The van der Waals surface area contributed by atoms with Gasteiger partial charge in [-0.25, -0.2) is 14.4 Å². The number of nitrogens with zero attached hydrogens (tertiary/aromatic N) is 4. The predicted octanol–water partition coefficient (Wildman–Crippen LogP) is 4.29. The van der Waals surface area contributed by atoms with Crippen LogP contribution >= 0.6 is 11.8 Å². The highest BCUT2D eigenvalue weighted by molar-refractivity contribution is 7.99. The Morgan fingerprint density at radius 3 is 2.94 bits per heavy atom. The molecule has 4 aromatic rings. The maximum atomic E-state index is 13.8. The standard InChI is InChI=1S/C26H26FN7OS/c27-16-5-4-15-13-26(22(28)17(15)12-16)6-9-34(10-7-26)25-32-23-24(33-25)31-20(14-30-23)36-19-3-1-2-18-21(19)35-11-8-29-18/h1-5,12,14,22,29H,6-11,13,28H2,(H,30,31,32,33)/t22-/m1/s1. The Bertz CT molecular complexity index is 1470. The normalized spacial score (nSPS) is 20.2. The largest absolute Gasteiger partial charge is 0.488 e. The fraction of sp³-hybridized carbons (Fsp3) is 0.346. The molecule has 0 amide bonds. The van der Waals surface area contributed by atoms with Crippen molar-refractivity contribution < 1.29 is 9.13 Å². The van der Waals surface area contributed by atoms with Crippen molar-refractivity contribution >= 4 is 34.7 Å². The molecule has 2 aliphatic heterocycles. The van der Waals surface area contributed by atoms with Gasteiger partial charge in [-0.1, -0.05) is 23.9 Å². The Balaban J connectivity index is 1.08. The van der Waals surface area contributed by atoms with E-state index in [9.17, 15) is 4.39 Å². The number of H-pyrrole nitrogens is 1. The Morgan fingerprint density at radius 1 is 1.17 bits per heavy atom. The number of aromatic nitrogens is 4. The first-order chi connectivity index (χ1) is 17.6. The fourth-order valence-electron chi connectivity index (χ4n) is 5.79. The summed E-state index contributed by atoms with van der Waals surface area (Å²) in [6, 6.07) is 11.0. The minimum Gasteiger partial charge on any atom is -0.488 e. The summed E-state index contributed by atoms with van der Waals surface area (Å²) < 4.78 is 19.7.